The number of rotatable bonds is 3. The van der Waals surface area contributed by atoms with Gasteiger partial charge in [0.05, 0.1) is 5.41 Å². The van der Waals surface area contributed by atoms with E-state index in [-0.39, 0.29) is 11.9 Å². The topological polar surface area (TPSA) is 68.3 Å². The molecular formula is C16H20N2O3. The first-order valence-corrected chi connectivity index (χ1v) is 7.24. The lowest BCUT2D eigenvalue weighted by Crippen LogP contribution is -2.53. The summed E-state index contributed by atoms with van der Waals surface area (Å²) in [5.41, 5.74) is -1.19. The van der Waals surface area contributed by atoms with Gasteiger partial charge in [-0.25, -0.2) is 0 Å². The summed E-state index contributed by atoms with van der Waals surface area (Å²) in [7, 11) is 0. The number of amides is 1. The summed E-state index contributed by atoms with van der Waals surface area (Å²) in [5.74, 6) is -0.457. The van der Waals surface area contributed by atoms with E-state index in [4.69, 9.17) is 4.74 Å². The number of nitrogens with zero attached hydrogens (tertiary/aromatic N) is 1. The van der Waals surface area contributed by atoms with Crippen LogP contribution >= 0.6 is 0 Å². The number of aromatic nitrogens is 1. The number of hydrogen-bond donors (Lipinski definition) is 1. The zero-order valence-electron chi connectivity index (χ0n) is 12.6. The van der Waals surface area contributed by atoms with Gasteiger partial charge in [0.2, 0.25) is 0 Å². The van der Waals surface area contributed by atoms with Crippen LogP contribution in [0.3, 0.4) is 0 Å². The monoisotopic (exact) mass is 288 g/mol. The molecule has 2 bridgehead atoms. The number of esters is 1. The molecule has 0 spiro atoms. The van der Waals surface area contributed by atoms with E-state index in [9.17, 15) is 9.59 Å². The number of pyridine rings is 1. The van der Waals surface area contributed by atoms with Gasteiger partial charge in [0.1, 0.15) is 0 Å². The van der Waals surface area contributed by atoms with E-state index in [2.05, 4.69) is 10.3 Å². The maximum absolute atomic E-state index is 12.7. The Morgan fingerprint density at radius 1 is 1.38 bits per heavy atom. The Morgan fingerprint density at radius 3 is 2.67 bits per heavy atom. The molecule has 1 aromatic rings. The second-order valence-corrected chi connectivity index (χ2v) is 6.72. The van der Waals surface area contributed by atoms with Crippen LogP contribution in [-0.2, 0) is 20.9 Å². The molecule has 2 atom stereocenters. The maximum atomic E-state index is 12.7. The van der Waals surface area contributed by atoms with Crippen LogP contribution in [0, 0.1) is 10.8 Å². The zero-order valence-corrected chi connectivity index (χ0v) is 12.6. The highest BCUT2D eigenvalue weighted by atomic mass is 16.6. The summed E-state index contributed by atoms with van der Waals surface area (Å²) in [6.45, 7) is 6.19. The molecule has 1 saturated heterocycles. The molecule has 1 saturated carbocycles. The van der Waals surface area contributed by atoms with Crippen molar-refractivity contribution in [2.75, 3.05) is 0 Å². The van der Waals surface area contributed by atoms with E-state index < -0.39 is 16.4 Å². The number of carbonyl (C=O) groups excluding carboxylic acids is 2. The summed E-state index contributed by atoms with van der Waals surface area (Å²) < 4.78 is 5.55. The second kappa shape index (κ2) is 4.29. The molecule has 0 radical (unpaired) electrons. The van der Waals surface area contributed by atoms with E-state index in [1.807, 2.05) is 32.9 Å². The molecular weight excluding hydrogens is 268 g/mol. The minimum Gasteiger partial charge on any atom is -0.448 e. The number of hydrogen-bond acceptors (Lipinski definition) is 4. The highest BCUT2D eigenvalue weighted by Crippen LogP contribution is 2.65. The van der Waals surface area contributed by atoms with Crippen molar-refractivity contribution < 1.29 is 14.3 Å². The third kappa shape index (κ3) is 1.66. The summed E-state index contributed by atoms with van der Waals surface area (Å²) >= 11 is 0. The Hall–Kier alpha value is -1.91. The minimum absolute atomic E-state index is 0.203. The van der Waals surface area contributed by atoms with Crippen molar-refractivity contribution in [1.82, 2.24) is 10.3 Å². The van der Waals surface area contributed by atoms with Crippen LogP contribution in [0.5, 0.6) is 0 Å². The van der Waals surface area contributed by atoms with E-state index >= 15 is 0 Å². The van der Waals surface area contributed by atoms with Crippen molar-refractivity contribution in [3.8, 4) is 0 Å². The SMILES string of the molecule is CC1(C)[C@@]2(C)CC[C@]1(C(=O)NCc1cccnc1)OC2=O. The molecule has 1 amide bonds. The molecule has 112 valence electrons. The first-order chi connectivity index (χ1) is 9.83. The fourth-order valence-electron chi connectivity index (χ4n) is 3.57. The van der Waals surface area contributed by atoms with Crippen molar-refractivity contribution in [3.05, 3.63) is 30.1 Å². The van der Waals surface area contributed by atoms with Gasteiger partial charge >= 0.3 is 5.97 Å². The Kier molecular flexibility index (Phi) is 2.87. The molecule has 5 nitrogen and oxygen atoms in total. The fraction of sp³-hybridized carbons (Fsp3) is 0.562. The van der Waals surface area contributed by atoms with Crippen LogP contribution < -0.4 is 5.32 Å². The first kappa shape index (κ1) is 14.0. The number of nitrogens with one attached hydrogen (secondary N) is 1. The zero-order chi connectivity index (χ0) is 15.3. The minimum atomic E-state index is -1.04. The Labute approximate surface area is 124 Å². The van der Waals surface area contributed by atoms with Crippen LogP contribution in [0.2, 0.25) is 0 Å². The van der Waals surface area contributed by atoms with E-state index in [1.165, 1.54) is 0 Å². The van der Waals surface area contributed by atoms with Gasteiger partial charge in [0.25, 0.3) is 5.91 Å². The number of ether oxygens (including phenoxy) is 1. The maximum Gasteiger partial charge on any atom is 0.313 e. The van der Waals surface area contributed by atoms with Crippen LogP contribution in [-0.4, -0.2) is 22.5 Å². The molecule has 2 aliphatic rings. The Balaban J connectivity index is 1.80. The van der Waals surface area contributed by atoms with E-state index in [1.54, 1.807) is 12.4 Å². The Morgan fingerprint density at radius 2 is 2.14 bits per heavy atom. The molecule has 2 heterocycles. The third-order valence-electron chi connectivity index (χ3n) is 5.63. The summed E-state index contributed by atoms with van der Waals surface area (Å²) in [4.78, 5) is 28.9. The predicted octanol–water partition coefficient (Wildman–Crippen LogP) is 1.82. The lowest BCUT2D eigenvalue weighted by Gasteiger charge is -2.35. The van der Waals surface area contributed by atoms with Gasteiger partial charge in [-0.15, -0.1) is 0 Å². The van der Waals surface area contributed by atoms with Crippen molar-refractivity contribution in [3.63, 3.8) is 0 Å². The van der Waals surface area contributed by atoms with Gasteiger partial charge in [-0.3, -0.25) is 14.6 Å². The molecule has 0 unspecified atom stereocenters. The van der Waals surface area contributed by atoms with E-state index in [0.29, 0.717) is 19.4 Å². The van der Waals surface area contributed by atoms with Gasteiger partial charge in [-0.1, -0.05) is 19.9 Å². The van der Waals surface area contributed by atoms with Gasteiger partial charge in [0.15, 0.2) is 5.60 Å². The summed E-state index contributed by atoms with van der Waals surface area (Å²) in [6, 6.07) is 3.72. The molecule has 0 aromatic carbocycles. The normalized spacial score (nSPS) is 32.8. The molecule has 1 aliphatic carbocycles. The van der Waals surface area contributed by atoms with Crippen LogP contribution in [0.1, 0.15) is 39.2 Å². The van der Waals surface area contributed by atoms with Crippen molar-refractivity contribution in [1.29, 1.82) is 0 Å². The molecule has 5 heteroatoms. The van der Waals surface area contributed by atoms with Gasteiger partial charge < -0.3 is 10.1 Å². The van der Waals surface area contributed by atoms with Crippen molar-refractivity contribution in [2.24, 2.45) is 10.8 Å². The van der Waals surface area contributed by atoms with E-state index in [0.717, 1.165) is 5.56 Å². The molecule has 21 heavy (non-hydrogen) atoms. The smallest absolute Gasteiger partial charge is 0.313 e. The van der Waals surface area contributed by atoms with Crippen LogP contribution in [0.4, 0.5) is 0 Å². The molecule has 1 N–H and O–H groups in total. The fourth-order valence-corrected chi connectivity index (χ4v) is 3.57. The average molecular weight is 288 g/mol. The largest absolute Gasteiger partial charge is 0.448 e. The molecule has 1 aliphatic heterocycles. The standard InChI is InChI=1S/C16H20N2O3/c1-14(2)15(3)6-7-16(14,21-13(15)20)12(19)18-10-11-5-4-8-17-9-11/h4-5,8-9H,6-7,10H2,1-3H3,(H,18,19)/t15-,16+/m0/s1. The van der Waals surface area contributed by atoms with Gasteiger partial charge in [-0.2, -0.15) is 0 Å². The molecule has 3 rings (SSSR count). The average Bonchev–Trinajstić information content (AvgIpc) is 2.76. The lowest BCUT2D eigenvalue weighted by atomic mass is 9.66. The third-order valence-corrected chi connectivity index (χ3v) is 5.63. The number of fused-ring (bicyclic) bond motifs is 2. The highest BCUT2D eigenvalue weighted by molar-refractivity contribution is 5.96. The first-order valence-electron chi connectivity index (χ1n) is 7.24. The van der Waals surface area contributed by atoms with Crippen molar-refractivity contribution in [2.45, 2.75) is 45.8 Å². The lowest BCUT2D eigenvalue weighted by molar-refractivity contribution is -0.168. The Bertz CT molecular complexity index is 599. The highest BCUT2D eigenvalue weighted by Gasteiger charge is 2.75. The van der Waals surface area contributed by atoms with Crippen LogP contribution in [0.25, 0.3) is 0 Å². The van der Waals surface area contributed by atoms with Gasteiger partial charge in [-0.05, 0) is 31.4 Å². The molecule has 2 fully saturated rings. The quantitative estimate of drug-likeness (QED) is 0.861. The number of carbonyl (C=O) groups is 2. The van der Waals surface area contributed by atoms with Crippen LogP contribution in [0.15, 0.2) is 24.5 Å². The summed E-state index contributed by atoms with van der Waals surface area (Å²) in [6.07, 6.45) is 4.68. The predicted molar refractivity (Wildman–Crippen MR) is 76.0 cm³/mol. The van der Waals surface area contributed by atoms with Gasteiger partial charge in [0, 0.05) is 24.4 Å². The summed E-state index contributed by atoms with van der Waals surface area (Å²) in [5, 5.41) is 2.90. The second-order valence-electron chi connectivity index (χ2n) is 6.72. The van der Waals surface area contributed by atoms with Crippen molar-refractivity contribution >= 4 is 11.9 Å². The molecule has 1 aromatic heterocycles.